The minimum absolute atomic E-state index is 1.58. The maximum absolute atomic E-state index is 9.63. The highest BCUT2D eigenvalue weighted by molar-refractivity contribution is 7.60. The Balaban J connectivity index is 0.000000280. The van der Waals surface area contributed by atoms with E-state index in [2.05, 4.69) is 19.7 Å². The lowest BCUT2D eigenvalue weighted by atomic mass is 10.7. The van der Waals surface area contributed by atoms with Crippen molar-refractivity contribution in [1.29, 1.82) is 0 Å². The molecule has 1 aromatic heterocycles. The second-order valence-corrected chi connectivity index (χ2v) is 4.49. The summed E-state index contributed by atoms with van der Waals surface area (Å²) in [6, 6.07) is 1.72. The van der Waals surface area contributed by atoms with Crippen molar-refractivity contribution >= 4 is 15.6 Å². The van der Waals surface area contributed by atoms with E-state index in [1.807, 2.05) is 0 Å². The van der Waals surface area contributed by atoms with E-state index < -0.39 is 15.6 Å². The molecule has 0 spiro atoms. The minimum atomic E-state index is -5.05. The summed E-state index contributed by atoms with van der Waals surface area (Å²) in [4.78, 5) is 31.0. The molecular formula is C3H7N3O7P2. The van der Waals surface area contributed by atoms with Crippen LogP contribution in [-0.4, -0.2) is 35.0 Å². The third-order valence-electron chi connectivity index (χ3n) is 0.621. The quantitative estimate of drug-likeness (QED) is 0.487. The predicted octanol–water partition coefficient (Wildman–Crippen LogP) is -0.940. The van der Waals surface area contributed by atoms with Gasteiger partial charge >= 0.3 is 15.6 Å². The van der Waals surface area contributed by atoms with Gasteiger partial charge in [0, 0.05) is 0 Å². The minimum Gasteiger partial charge on any atom is -0.302 e. The smallest absolute Gasteiger partial charge is 0.302 e. The summed E-state index contributed by atoms with van der Waals surface area (Å²) in [5.41, 5.74) is 0. The van der Waals surface area contributed by atoms with E-state index in [1.54, 1.807) is 18.5 Å². The molecule has 1 rings (SSSR count). The molecule has 15 heavy (non-hydrogen) atoms. The fourth-order valence-electron chi connectivity index (χ4n) is 0.343. The van der Waals surface area contributed by atoms with E-state index in [9.17, 15) is 9.13 Å². The first-order valence-electron chi connectivity index (χ1n) is 3.11. The highest BCUT2D eigenvalue weighted by Crippen LogP contribution is 2.53. The third-order valence-corrected chi connectivity index (χ3v) is 2.32. The SMILES string of the molecule is O=P(O)(O)OP(=O)(O)O.c1cnnnc1. The van der Waals surface area contributed by atoms with Gasteiger partial charge in [-0.3, -0.25) is 0 Å². The van der Waals surface area contributed by atoms with Gasteiger partial charge in [0.2, 0.25) is 0 Å². The molecule has 0 unspecified atom stereocenters. The molecule has 0 bridgehead atoms. The molecule has 4 N–H and O–H groups in total. The zero-order chi connectivity index (χ0) is 11.9. The van der Waals surface area contributed by atoms with Crippen molar-refractivity contribution in [3.05, 3.63) is 18.5 Å². The molecular weight excluding hydrogens is 252 g/mol. The zero-order valence-electron chi connectivity index (χ0n) is 6.98. The Labute approximate surface area is 83.4 Å². The highest BCUT2D eigenvalue weighted by atomic mass is 31.3. The average Bonchev–Trinajstić information content (AvgIpc) is 2.01. The molecule has 0 amide bonds. The van der Waals surface area contributed by atoms with Crippen LogP contribution < -0.4 is 0 Å². The van der Waals surface area contributed by atoms with E-state index in [0.29, 0.717) is 0 Å². The van der Waals surface area contributed by atoms with E-state index in [0.717, 1.165) is 0 Å². The third kappa shape index (κ3) is 13.3. The van der Waals surface area contributed by atoms with Crippen molar-refractivity contribution in [2.24, 2.45) is 0 Å². The molecule has 0 aromatic carbocycles. The molecule has 0 aliphatic carbocycles. The Bertz CT molecular complexity index is 312. The average molecular weight is 259 g/mol. The maximum Gasteiger partial charge on any atom is 0.478 e. The Morgan fingerprint density at radius 3 is 1.40 bits per heavy atom. The summed E-state index contributed by atoms with van der Waals surface area (Å²) < 4.78 is 22.2. The molecule has 1 heterocycles. The van der Waals surface area contributed by atoms with Gasteiger partial charge in [-0.2, -0.15) is 4.31 Å². The first-order chi connectivity index (χ1) is 6.71. The van der Waals surface area contributed by atoms with Crippen LogP contribution in [0.2, 0.25) is 0 Å². The van der Waals surface area contributed by atoms with Gasteiger partial charge in [0.05, 0.1) is 12.4 Å². The molecule has 0 radical (unpaired) electrons. The molecule has 12 heteroatoms. The zero-order valence-corrected chi connectivity index (χ0v) is 8.77. The van der Waals surface area contributed by atoms with Crippen molar-refractivity contribution in [2.45, 2.75) is 0 Å². The largest absolute Gasteiger partial charge is 0.478 e. The van der Waals surface area contributed by atoms with Crippen molar-refractivity contribution in [3.8, 4) is 0 Å². The van der Waals surface area contributed by atoms with Crippen molar-refractivity contribution < 1.29 is 33.0 Å². The van der Waals surface area contributed by atoms with Gasteiger partial charge in [-0.25, -0.2) is 9.13 Å². The summed E-state index contributed by atoms with van der Waals surface area (Å²) in [7, 11) is -10.1. The van der Waals surface area contributed by atoms with Gasteiger partial charge in [-0.15, -0.1) is 10.2 Å². The molecule has 10 nitrogen and oxygen atoms in total. The van der Waals surface area contributed by atoms with Crippen LogP contribution in [0.15, 0.2) is 18.5 Å². The number of hydrogen-bond donors (Lipinski definition) is 4. The Kier molecular flexibility index (Phi) is 5.69. The molecule has 0 saturated heterocycles. The van der Waals surface area contributed by atoms with Crippen molar-refractivity contribution in [1.82, 2.24) is 15.4 Å². The number of aromatic nitrogens is 3. The van der Waals surface area contributed by atoms with Crippen LogP contribution in [0, 0.1) is 0 Å². The monoisotopic (exact) mass is 259 g/mol. The molecule has 0 aliphatic rings. The number of rotatable bonds is 2. The second kappa shape index (κ2) is 5.99. The van der Waals surface area contributed by atoms with Gasteiger partial charge in [0.25, 0.3) is 0 Å². The summed E-state index contributed by atoms with van der Waals surface area (Å²) in [6.45, 7) is 0. The lowest BCUT2D eigenvalue weighted by Gasteiger charge is -2.03. The molecule has 86 valence electrons. The van der Waals surface area contributed by atoms with Gasteiger partial charge in [-0.05, 0) is 11.3 Å². The lowest BCUT2D eigenvalue weighted by molar-refractivity contribution is 0.225. The van der Waals surface area contributed by atoms with Crippen LogP contribution in [0.25, 0.3) is 0 Å². The first kappa shape index (κ1) is 14.3. The van der Waals surface area contributed by atoms with Crippen molar-refractivity contribution in [3.63, 3.8) is 0 Å². The van der Waals surface area contributed by atoms with Gasteiger partial charge in [0.1, 0.15) is 0 Å². The molecule has 0 atom stereocenters. The number of phosphoric acid groups is 2. The first-order valence-corrected chi connectivity index (χ1v) is 6.17. The fourth-order valence-corrected chi connectivity index (χ4v) is 1.45. The number of nitrogens with zero attached hydrogens (tertiary/aromatic N) is 3. The Hall–Kier alpha value is -0.730. The predicted molar refractivity (Wildman–Crippen MR) is 45.0 cm³/mol. The van der Waals surface area contributed by atoms with E-state index in [1.165, 1.54) is 0 Å². The Morgan fingerprint density at radius 1 is 0.933 bits per heavy atom. The summed E-state index contributed by atoms with van der Waals surface area (Å²) in [6.07, 6.45) is 3.15. The van der Waals surface area contributed by atoms with E-state index in [-0.39, 0.29) is 0 Å². The Morgan fingerprint density at radius 2 is 1.33 bits per heavy atom. The van der Waals surface area contributed by atoms with Gasteiger partial charge in [0.15, 0.2) is 0 Å². The lowest BCUT2D eigenvalue weighted by Crippen LogP contribution is -1.84. The molecule has 0 aliphatic heterocycles. The summed E-state index contributed by atoms with van der Waals surface area (Å²) in [5.74, 6) is 0. The van der Waals surface area contributed by atoms with Crippen LogP contribution in [0.5, 0.6) is 0 Å². The van der Waals surface area contributed by atoms with E-state index in [4.69, 9.17) is 19.6 Å². The van der Waals surface area contributed by atoms with Gasteiger partial charge < -0.3 is 19.6 Å². The van der Waals surface area contributed by atoms with Crippen LogP contribution in [0.4, 0.5) is 0 Å². The molecule has 0 saturated carbocycles. The van der Waals surface area contributed by atoms with Crippen LogP contribution in [0.1, 0.15) is 0 Å². The fraction of sp³-hybridized carbons (Fsp3) is 0. The highest BCUT2D eigenvalue weighted by Gasteiger charge is 2.27. The second-order valence-electron chi connectivity index (χ2n) is 1.87. The van der Waals surface area contributed by atoms with Crippen LogP contribution in [0.3, 0.4) is 0 Å². The molecule has 1 aromatic rings. The summed E-state index contributed by atoms with van der Waals surface area (Å²) >= 11 is 0. The van der Waals surface area contributed by atoms with Crippen LogP contribution >= 0.6 is 15.6 Å². The van der Waals surface area contributed by atoms with Gasteiger partial charge in [-0.1, -0.05) is 0 Å². The number of hydrogen-bond acceptors (Lipinski definition) is 6. The molecule has 0 fully saturated rings. The normalized spacial score (nSPS) is 11.5. The topological polar surface area (TPSA) is 163 Å². The maximum atomic E-state index is 9.63. The standard InChI is InChI=1S/C3H3N3.H4O7P2/c1-2-4-6-5-3-1;1-8(2,3)7-9(4,5)6/h1-3H;(H2,1,2,3)(H2,4,5,6). The van der Waals surface area contributed by atoms with Crippen molar-refractivity contribution in [2.75, 3.05) is 0 Å². The van der Waals surface area contributed by atoms with E-state index >= 15 is 0 Å². The van der Waals surface area contributed by atoms with Crippen LogP contribution in [-0.2, 0) is 13.4 Å². The summed E-state index contributed by atoms with van der Waals surface area (Å²) in [5, 5.41) is 10.1.